The molecule has 1 aliphatic rings. The van der Waals surface area contributed by atoms with E-state index < -0.39 is 5.97 Å². The first kappa shape index (κ1) is 18.8. The topological polar surface area (TPSA) is 71.5 Å². The van der Waals surface area contributed by atoms with Gasteiger partial charge in [0, 0.05) is 18.7 Å². The number of ether oxygens (including phenoxy) is 1. The van der Waals surface area contributed by atoms with Gasteiger partial charge in [0.1, 0.15) is 0 Å². The third-order valence-corrected chi connectivity index (χ3v) is 4.86. The molecule has 2 rings (SSSR count). The maximum atomic E-state index is 11.3. The van der Waals surface area contributed by atoms with Gasteiger partial charge in [-0.05, 0) is 55.9 Å². The van der Waals surface area contributed by atoms with Crippen LogP contribution in [0.4, 0.5) is 5.69 Å². The number of methoxy groups -OCH3 is 1. The Bertz CT molecular complexity index is 719. The van der Waals surface area contributed by atoms with Crippen LogP contribution in [0.5, 0.6) is 0 Å². The largest absolute Gasteiger partial charge is 0.501 e. The first-order valence-electron chi connectivity index (χ1n) is 8.48. The highest BCUT2D eigenvalue weighted by Crippen LogP contribution is 2.36. The highest BCUT2D eigenvalue weighted by Gasteiger charge is 2.23. The van der Waals surface area contributed by atoms with Gasteiger partial charge in [-0.1, -0.05) is 12.7 Å². The lowest BCUT2D eigenvalue weighted by molar-refractivity contribution is 0.0697. The first-order chi connectivity index (χ1) is 12.0. The van der Waals surface area contributed by atoms with E-state index in [1.807, 2.05) is 13.0 Å². The van der Waals surface area contributed by atoms with Crippen molar-refractivity contribution >= 4 is 11.7 Å². The first-order valence-corrected chi connectivity index (χ1v) is 8.48. The monoisotopic (exact) mass is 342 g/mol. The molecule has 0 saturated heterocycles. The molecule has 0 saturated carbocycles. The summed E-state index contributed by atoms with van der Waals surface area (Å²) in [7, 11) is 1.69. The molecule has 0 spiro atoms. The lowest BCUT2D eigenvalue weighted by Gasteiger charge is -2.28. The van der Waals surface area contributed by atoms with E-state index in [0.717, 1.165) is 30.6 Å². The standard InChI is InChI=1S/C20H26N2O3/c1-5-16-15(7-6-8-17(16)13(2)14(3)25-4)11-22-19-12-21-10-9-18(19)20(23)24/h5,9-10,12,15,22H,1,6-8,11H2,2-4H3,(H,23,24)/b14-13+. The summed E-state index contributed by atoms with van der Waals surface area (Å²) in [6, 6.07) is 1.51. The lowest BCUT2D eigenvalue weighted by Crippen LogP contribution is -2.21. The summed E-state index contributed by atoms with van der Waals surface area (Å²) in [6.07, 6.45) is 8.12. The number of pyridine rings is 1. The van der Waals surface area contributed by atoms with Gasteiger partial charge in [-0.25, -0.2) is 4.79 Å². The molecule has 1 aliphatic carbocycles. The number of nitrogens with one attached hydrogen (secondary N) is 1. The van der Waals surface area contributed by atoms with Crippen LogP contribution in [-0.2, 0) is 4.74 Å². The molecule has 1 unspecified atom stereocenters. The van der Waals surface area contributed by atoms with Crippen LogP contribution in [0.1, 0.15) is 43.5 Å². The third kappa shape index (κ3) is 4.29. The van der Waals surface area contributed by atoms with Crippen LogP contribution in [0.15, 0.2) is 53.6 Å². The molecule has 134 valence electrons. The van der Waals surface area contributed by atoms with Crippen molar-refractivity contribution in [1.29, 1.82) is 0 Å². The molecule has 1 atom stereocenters. The van der Waals surface area contributed by atoms with Gasteiger partial charge in [0.15, 0.2) is 0 Å². The molecule has 2 N–H and O–H groups in total. The van der Waals surface area contributed by atoms with Gasteiger partial charge in [-0.3, -0.25) is 4.98 Å². The van der Waals surface area contributed by atoms with Crippen LogP contribution in [-0.4, -0.2) is 29.7 Å². The highest BCUT2D eigenvalue weighted by atomic mass is 16.5. The molecule has 1 aromatic heterocycles. The fourth-order valence-corrected chi connectivity index (χ4v) is 3.30. The number of carboxylic acid groups (broad SMARTS) is 1. The van der Waals surface area contributed by atoms with E-state index in [0.29, 0.717) is 12.2 Å². The Balaban J connectivity index is 2.25. The summed E-state index contributed by atoms with van der Waals surface area (Å²) >= 11 is 0. The van der Waals surface area contributed by atoms with Crippen molar-refractivity contribution in [1.82, 2.24) is 4.98 Å². The molecular formula is C20H26N2O3. The summed E-state index contributed by atoms with van der Waals surface area (Å²) in [4.78, 5) is 15.4. The normalized spacial score (nSPS) is 18.4. The molecule has 0 bridgehead atoms. The number of aromatic nitrogens is 1. The number of rotatable bonds is 7. The molecule has 0 radical (unpaired) electrons. The van der Waals surface area contributed by atoms with Crippen LogP contribution >= 0.6 is 0 Å². The molecule has 1 aromatic rings. The summed E-state index contributed by atoms with van der Waals surface area (Å²) in [6.45, 7) is 8.70. The van der Waals surface area contributed by atoms with E-state index in [-0.39, 0.29) is 11.5 Å². The number of hydrogen-bond acceptors (Lipinski definition) is 4. The summed E-state index contributed by atoms with van der Waals surface area (Å²) in [5.41, 5.74) is 4.45. The van der Waals surface area contributed by atoms with Gasteiger partial charge in [0.25, 0.3) is 0 Å². The maximum absolute atomic E-state index is 11.3. The van der Waals surface area contributed by atoms with E-state index in [9.17, 15) is 9.90 Å². The Morgan fingerprint density at radius 2 is 2.28 bits per heavy atom. The predicted octanol–water partition coefficient (Wildman–Crippen LogP) is 4.41. The molecule has 0 fully saturated rings. The Kier molecular flexibility index (Phi) is 6.39. The molecule has 0 aromatic carbocycles. The predicted molar refractivity (Wildman–Crippen MR) is 99.6 cm³/mol. The second-order valence-electron chi connectivity index (χ2n) is 6.22. The van der Waals surface area contributed by atoms with E-state index in [1.54, 1.807) is 13.3 Å². The number of carbonyl (C=O) groups is 1. The average molecular weight is 342 g/mol. The molecule has 1 heterocycles. The van der Waals surface area contributed by atoms with Gasteiger partial charge >= 0.3 is 5.97 Å². The third-order valence-electron chi connectivity index (χ3n) is 4.86. The highest BCUT2D eigenvalue weighted by molar-refractivity contribution is 5.93. The lowest BCUT2D eigenvalue weighted by atomic mass is 9.80. The van der Waals surface area contributed by atoms with Gasteiger partial charge in [0.05, 0.1) is 30.3 Å². The quantitative estimate of drug-likeness (QED) is 0.718. The zero-order valence-corrected chi connectivity index (χ0v) is 15.1. The summed E-state index contributed by atoms with van der Waals surface area (Å²) < 4.78 is 5.39. The van der Waals surface area contributed by atoms with Gasteiger partial charge in [0.2, 0.25) is 0 Å². The number of nitrogens with zero attached hydrogens (tertiary/aromatic N) is 1. The molecule has 5 nitrogen and oxygen atoms in total. The van der Waals surface area contributed by atoms with Crippen LogP contribution in [0.25, 0.3) is 0 Å². The van der Waals surface area contributed by atoms with Crippen molar-refractivity contribution in [2.75, 3.05) is 19.0 Å². The smallest absolute Gasteiger partial charge is 0.337 e. The van der Waals surface area contributed by atoms with Crippen LogP contribution in [0, 0.1) is 5.92 Å². The van der Waals surface area contributed by atoms with Crippen molar-refractivity contribution in [3.05, 3.63) is 59.2 Å². The Hall–Kier alpha value is -2.56. The van der Waals surface area contributed by atoms with E-state index in [1.165, 1.54) is 23.4 Å². The second-order valence-corrected chi connectivity index (χ2v) is 6.22. The van der Waals surface area contributed by atoms with E-state index in [2.05, 4.69) is 23.8 Å². The van der Waals surface area contributed by atoms with Crippen molar-refractivity contribution < 1.29 is 14.6 Å². The molecule has 0 aliphatic heterocycles. The van der Waals surface area contributed by atoms with Crippen LogP contribution < -0.4 is 5.32 Å². The van der Waals surface area contributed by atoms with Crippen molar-refractivity contribution in [2.24, 2.45) is 5.92 Å². The number of carboxylic acids is 1. The molecule has 5 heteroatoms. The zero-order chi connectivity index (χ0) is 18.4. The minimum Gasteiger partial charge on any atom is -0.501 e. The molecule has 25 heavy (non-hydrogen) atoms. The van der Waals surface area contributed by atoms with Crippen molar-refractivity contribution in [2.45, 2.75) is 33.1 Å². The molecule has 0 amide bonds. The maximum Gasteiger partial charge on any atom is 0.337 e. The van der Waals surface area contributed by atoms with Crippen LogP contribution in [0.3, 0.4) is 0 Å². The number of hydrogen-bond donors (Lipinski definition) is 2. The van der Waals surface area contributed by atoms with Gasteiger partial charge < -0.3 is 15.2 Å². The second kappa shape index (κ2) is 8.51. The van der Waals surface area contributed by atoms with E-state index >= 15 is 0 Å². The van der Waals surface area contributed by atoms with Gasteiger partial charge in [-0.15, -0.1) is 0 Å². The minimum absolute atomic E-state index is 0.237. The van der Waals surface area contributed by atoms with Crippen LogP contribution in [0.2, 0.25) is 0 Å². The number of aromatic carboxylic acids is 1. The van der Waals surface area contributed by atoms with Crippen molar-refractivity contribution in [3.63, 3.8) is 0 Å². The van der Waals surface area contributed by atoms with E-state index in [4.69, 9.17) is 4.74 Å². The minimum atomic E-state index is -0.955. The fourth-order valence-electron chi connectivity index (χ4n) is 3.30. The summed E-state index contributed by atoms with van der Waals surface area (Å²) in [5, 5.41) is 12.5. The summed E-state index contributed by atoms with van der Waals surface area (Å²) in [5.74, 6) is 0.245. The number of allylic oxidation sites excluding steroid dienone is 4. The SMILES string of the molecule is C=CC1=C(/C(C)=C(\C)OC)CCCC1CNc1cnccc1C(=O)O. The van der Waals surface area contributed by atoms with Gasteiger partial charge in [-0.2, -0.15) is 0 Å². The molecular weight excluding hydrogens is 316 g/mol. The van der Waals surface area contributed by atoms with Crippen molar-refractivity contribution in [3.8, 4) is 0 Å². The average Bonchev–Trinajstić information content (AvgIpc) is 2.64. The zero-order valence-electron chi connectivity index (χ0n) is 15.1. The Morgan fingerprint density at radius 3 is 2.92 bits per heavy atom. The Labute approximate surface area is 149 Å². The fraction of sp³-hybridized carbons (Fsp3) is 0.400. The Morgan fingerprint density at radius 1 is 1.52 bits per heavy atom. The number of anilines is 1.